The molecule has 0 spiro atoms. The molecule has 3 aromatic heterocycles. The van der Waals surface area contributed by atoms with Crippen LogP contribution in [0.3, 0.4) is 0 Å². The number of rotatable bonds is 4. The highest BCUT2D eigenvalue weighted by atomic mass is 16.3. The molecule has 1 N–H and O–H groups in total. The van der Waals surface area contributed by atoms with Gasteiger partial charge in [-0.05, 0) is 19.1 Å². The Morgan fingerprint density at radius 2 is 2.08 bits per heavy atom. The molecule has 0 atom stereocenters. The fourth-order valence-corrected chi connectivity index (χ4v) is 3.12. The molecule has 0 bridgehead atoms. The van der Waals surface area contributed by atoms with E-state index in [1.807, 2.05) is 14.0 Å². The van der Waals surface area contributed by atoms with Crippen molar-refractivity contribution in [1.29, 1.82) is 0 Å². The van der Waals surface area contributed by atoms with E-state index in [4.69, 9.17) is 4.42 Å². The zero-order valence-electron chi connectivity index (χ0n) is 14.8. The van der Waals surface area contributed by atoms with Crippen molar-refractivity contribution in [3.8, 4) is 0 Å². The van der Waals surface area contributed by atoms with Crippen LogP contribution in [0.15, 0.2) is 29.0 Å². The van der Waals surface area contributed by atoms with Gasteiger partial charge in [0.25, 0.3) is 5.91 Å². The third-order valence-corrected chi connectivity index (χ3v) is 4.51. The SMILES string of the molecule is CCNc1nc(N2CCN(C(=O)c3ccco3)CC2)nc2c1cnn2C. The van der Waals surface area contributed by atoms with Crippen molar-refractivity contribution in [2.75, 3.05) is 42.9 Å². The van der Waals surface area contributed by atoms with Gasteiger partial charge in [0.1, 0.15) is 5.82 Å². The van der Waals surface area contributed by atoms with Crippen molar-refractivity contribution < 1.29 is 9.21 Å². The fourth-order valence-electron chi connectivity index (χ4n) is 3.12. The van der Waals surface area contributed by atoms with E-state index in [2.05, 4.69) is 25.3 Å². The van der Waals surface area contributed by atoms with E-state index < -0.39 is 0 Å². The maximum atomic E-state index is 12.4. The van der Waals surface area contributed by atoms with E-state index in [0.717, 1.165) is 23.4 Å². The fraction of sp³-hybridized carbons (Fsp3) is 0.412. The summed E-state index contributed by atoms with van der Waals surface area (Å²) in [6.45, 7) is 5.34. The molecule has 4 rings (SSSR count). The molecule has 0 unspecified atom stereocenters. The first-order valence-corrected chi connectivity index (χ1v) is 8.68. The summed E-state index contributed by atoms with van der Waals surface area (Å²) in [4.78, 5) is 25.6. The first-order valence-electron chi connectivity index (χ1n) is 8.68. The summed E-state index contributed by atoms with van der Waals surface area (Å²) < 4.78 is 6.96. The van der Waals surface area contributed by atoms with Gasteiger partial charge in [0, 0.05) is 39.8 Å². The van der Waals surface area contributed by atoms with Crippen LogP contribution in [0.2, 0.25) is 0 Å². The van der Waals surface area contributed by atoms with Crippen LogP contribution in [0.5, 0.6) is 0 Å². The molecule has 9 nitrogen and oxygen atoms in total. The maximum Gasteiger partial charge on any atom is 0.289 e. The van der Waals surface area contributed by atoms with Crippen LogP contribution in [0.25, 0.3) is 11.0 Å². The van der Waals surface area contributed by atoms with E-state index in [0.29, 0.717) is 37.9 Å². The van der Waals surface area contributed by atoms with Crippen molar-refractivity contribution in [2.24, 2.45) is 7.05 Å². The number of aromatic nitrogens is 4. The summed E-state index contributed by atoms with van der Waals surface area (Å²) in [6, 6.07) is 3.42. The lowest BCUT2D eigenvalue weighted by atomic mass is 10.3. The highest BCUT2D eigenvalue weighted by Crippen LogP contribution is 2.23. The Morgan fingerprint density at radius 1 is 1.27 bits per heavy atom. The maximum absolute atomic E-state index is 12.4. The Labute approximate surface area is 150 Å². The standard InChI is InChI=1S/C17H21N7O2/c1-3-18-14-12-11-19-22(2)15(12)21-17(20-14)24-8-6-23(7-9-24)16(25)13-5-4-10-26-13/h4-5,10-11H,3,6-9H2,1-2H3,(H,18,20,21). The Bertz CT molecular complexity index is 911. The van der Waals surface area contributed by atoms with Gasteiger partial charge in [0.05, 0.1) is 17.8 Å². The van der Waals surface area contributed by atoms with Gasteiger partial charge >= 0.3 is 0 Å². The Morgan fingerprint density at radius 3 is 2.77 bits per heavy atom. The summed E-state index contributed by atoms with van der Waals surface area (Å²) in [7, 11) is 1.87. The molecule has 1 saturated heterocycles. The molecule has 0 aliphatic carbocycles. The van der Waals surface area contributed by atoms with E-state index in [-0.39, 0.29) is 5.91 Å². The number of anilines is 2. The zero-order valence-corrected chi connectivity index (χ0v) is 14.8. The normalized spacial score (nSPS) is 14.8. The monoisotopic (exact) mass is 355 g/mol. The van der Waals surface area contributed by atoms with Crippen molar-refractivity contribution in [3.05, 3.63) is 30.4 Å². The largest absolute Gasteiger partial charge is 0.459 e. The van der Waals surface area contributed by atoms with Gasteiger partial charge in [-0.15, -0.1) is 0 Å². The van der Waals surface area contributed by atoms with Gasteiger partial charge in [-0.1, -0.05) is 0 Å². The number of hydrogen-bond acceptors (Lipinski definition) is 7. The summed E-state index contributed by atoms with van der Waals surface area (Å²) >= 11 is 0. The summed E-state index contributed by atoms with van der Waals surface area (Å²) in [6.07, 6.45) is 3.29. The van der Waals surface area contributed by atoms with Crippen molar-refractivity contribution >= 4 is 28.7 Å². The minimum absolute atomic E-state index is 0.0778. The number of carbonyl (C=O) groups is 1. The van der Waals surface area contributed by atoms with Crippen LogP contribution in [0.4, 0.5) is 11.8 Å². The highest BCUT2D eigenvalue weighted by molar-refractivity contribution is 5.91. The smallest absolute Gasteiger partial charge is 0.289 e. The third kappa shape index (κ3) is 2.85. The molecule has 0 saturated carbocycles. The Kier molecular flexibility index (Phi) is 4.19. The van der Waals surface area contributed by atoms with Crippen LogP contribution < -0.4 is 10.2 Å². The van der Waals surface area contributed by atoms with Gasteiger partial charge in [-0.2, -0.15) is 15.1 Å². The molecule has 0 aromatic carbocycles. The summed E-state index contributed by atoms with van der Waals surface area (Å²) in [5.74, 6) is 1.74. The van der Waals surface area contributed by atoms with E-state index >= 15 is 0 Å². The number of carbonyl (C=O) groups excluding carboxylic acids is 1. The van der Waals surface area contributed by atoms with Gasteiger partial charge < -0.3 is 19.5 Å². The average Bonchev–Trinajstić information content (AvgIpc) is 3.32. The lowest BCUT2D eigenvalue weighted by Gasteiger charge is -2.34. The second-order valence-corrected chi connectivity index (χ2v) is 6.16. The molecule has 3 aromatic rings. The lowest BCUT2D eigenvalue weighted by Crippen LogP contribution is -2.49. The minimum Gasteiger partial charge on any atom is -0.459 e. The predicted molar refractivity (Wildman–Crippen MR) is 97.3 cm³/mol. The van der Waals surface area contributed by atoms with E-state index in [9.17, 15) is 4.79 Å². The number of hydrogen-bond donors (Lipinski definition) is 1. The second-order valence-electron chi connectivity index (χ2n) is 6.16. The molecule has 9 heteroatoms. The summed E-state index contributed by atoms with van der Waals surface area (Å²) in [5, 5.41) is 8.47. The Balaban J connectivity index is 1.54. The molecule has 1 aliphatic heterocycles. The molecule has 136 valence electrons. The molecule has 0 radical (unpaired) electrons. The van der Waals surface area contributed by atoms with Crippen LogP contribution in [0.1, 0.15) is 17.5 Å². The second kappa shape index (κ2) is 6.66. The minimum atomic E-state index is -0.0778. The zero-order chi connectivity index (χ0) is 18.1. The summed E-state index contributed by atoms with van der Waals surface area (Å²) in [5.41, 5.74) is 0.792. The van der Waals surface area contributed by atoms with E-state index in [1.165, 1.54) is 6.26 Å². The molecule has 4 heterocycles. The lowest BCUT2D eigenvalue weighted by molar-refractivity contribution is 0.0714. The van der Waals surface area contributed by atoms with Crippen molar-refractivity contribution in [1.82, 2.24) is 24.6 Å². The third-order valence-electron chi connectivity index (χ3n) is 4.51. The molecule has 1 amide bonds. The molecule has 1 aliphatic rings. The number of furan rings is 1. The van der Waals surface area contributed by atoms with Gasteiger partial charge in [0.15, 0.2) is 11.4 Å². The quantitative estimate of drug-likeness (QED) is 0.755. The first kappa shape index (κ1) is 16.4. The molecular weight excluding hydrogens is 334 g/mol. The number of nitrogens with zero attached hydrogens (tertiary/aromatic N) is 6. The molecule has 26 heavy (non-hydrogen) atoms. The number of nitrogens with one attached hydrogen (secondary N) is 1. The Hall–Kier alpha value is -3.10. The van der Waals surface area contributed by atoms with Gasteiger partial charge in [-0.25, -0.2) is 0 Å². The highest BCUT2D eigenvalue weighted by Gasteiger charge is 2.25. The van der Waals surface area contributed by atoms with E-state index in [1.54, 1.807) is 27.9 Å². The number of piperazine rings is 1. The molecule has 1 fully saturated rings. The van der Waals surface area contributed by atoms with Crippen molar-refractivity contribution in [3.63, 3.8) is 0 Å². The number of fused-ring (bicyclic) bond motifs is 1. The van der Waals surface area contributed by atoms with Gasteiger partial charge in [-0.3, -0.25) is 9.48 Å². The molecular formula is C17H21N7O2. The number of amides is 1. The topological polar surface area (TPSA) is 92.3 Å². The first-order chi connectivity index (χ1) is 12.7. The average molecular weight is 355 g/mol. The van der Waals surface area contributed by atoms with Crippen molar-refractivity contribution in [2.45, 2.75) is 6.92 Å². The van der Waals surface area contributed by atoms with Crippen LogP contribution in [-0.4, -0.2) is 63.3 Å². The van der Waals surface area contributed by atoms with Crippen LogP contribution >= 0.6 is 0 Å². The van der Waals surface area contributed by atoms with Crippen LogP contribution in [-0.2, 0) is 7.05 Å². The number of aryl methyl sites for hydroxylation is 1. The van der Waals surface area contributed by atoms with Gasteiger partial charge in [0.2, 0.25) is 5.95 Å². The predicted octanol–water partition coefficient (Wildman–Crippen LogP) is 1.35. The van der Waals surface area contributed by atoms with Crippen LogP contribution in [0, 0.1) is 0 Å².